The number of para-hydroxylation sites is 1. The van der Waals surface area contributed by atoms with Gasteiger partial charge in [0.05, 0.1) is 6.61 Å². The number of carboxylic acids is 1. The summed E-state index contributed by atoms with van der Waals surface area (Å²) in [6.45, 7) is 0.708. The van der Waals surface area contributed by atoms with Gasteiger partial charge in [-0.1, -0.05) is 24.3 Å². The summed E-state index contributed by atoms with van der Waals surface area (Å²) in [6, 6.07) is 14.3. The molecule has 1 heterocycles. The number of hydrogen-bond donors (Lipinski definition) is 2. The van der Waals surface area contributed by atoms with E-state index in [2.05, 4.69) is 5.32 Å². The Morgan fingerprint density at radius 1 is 1.20 bits per heavy atom. The van der Waals surface area contributed by atoms with E-state index in [1.54, 1.807) is 18.2 Å². The van der Waals surface area contributed by atoms with Crippen LogP contribution in [-0.2, 0) is 4.79 Å². The zero-order valence-corrected chi connectivity index (χ0v) is 13.6. The quantitative estimate of drug-likeness (QED) is 0.843. The maximum Gasteiger partial charge on any atom is 0.341 e. The summed E-state index contributed by atoms with van der Waals surface area (Å²) < 4.78 is 10.7. The van der Waals surface area contributed by atoms with E-state index in [0.29, 0.717) is 24.5 Å². The van der Waals surface area contributed by atoms with Gasteiger partial charge in [-0.3, -0.25) is 4.79 Å². The lowest BCUT2D eigenvalue weighted by Gasteiger charge is -2.26. The lowest BCUT2D eigenvalue weighted by molar-refractivity contribution is -0.139. The van der Waals surface area contributed by atoms with Crippen LogP contribution >= 0.6 is 0 Å². The van der Waals surface area contributed by atoms with Crippen molar-refractivity contribution in [2.45, 2.75) is 12.3 Å². The van der Waals surface area contributed by atoms with Crippen LogP contribution in [0.15, 0.2) is 48.5 Å². The molecule has 2 aromatic rings. The SMILES string of the molecule is O=C(O)COc1cccc(C(=O)NC[C@H]2CCOc3ccccc32)c1. The molecule has 25 heavy (non-hydrogen) atoms. The number of aliphatic carboxylic acids is 1. The van der Waals surface area contributed by atoms with Gasteiger partial charge in [-0.05, 0) is 36.2 Å². The first-order chi connectivity index (χ1) is 12.1. The topological polar surface area (TPSA) is 84.9 Å². The van der Waals surface area contributed by atoms with E-state index in [4.69, 9.17) is 14.6 Å². The second-order valence-corrected chi connectivity index (χ2v) is 5.79. The third-order valence-electron chi connectivity index (χ3n) is 4.05. The Hall–Kier alpha value is -3.02. The average molecular weight is 341 g/mol. The van der Waals surface area contributed by atoms with E-state index in [1.165, 1.54) is 6.07 Å². The Labute approximate surface area is 145 Å². The van der Waals surface area contributed by atoms with E-state index < -0.39 is 12.6 Å². The summed E-state index contributed by atoms with van der Waals surface area (Å²) in [6.07, 6.45) is 0.846. The van der Waals surface area contributed by atoms with Crippen LogP contribution in [0, 0.1) is 0 Å². The summed E-state index contributed by atoms with van der Waals surface area (Å²) in [7, 11) is 0. The number of amides is 1. The number of ether oxygens (including phenoxy) is 2. The molecule has 1 amide bonds. The molecule has 1 aliphatic rings. The van der Waals surface area contributed by atoms with Crippen molar-refractivity contribution < 1.29 is 24.2 Å². The minimum absolute atomic E-state index is 0.209. The zero-order chi connectivity index (χ0) is 17.6. The molecule has 0 radical (unpaired) electrons. The standard InChI is InChI=1S/C19H19NO5/c21-18(22)12-25-15-5-3-4-13(10-15)19(23)20-11-14-8-9-24-17-7-2-1-6-16(14)17/h1-7,10,14H,8-9,11-12H2,(H,20,23)(H,21,22)/t14-/m1/s1. The molecule has 1 aliphatic heterocycles. The third-order valence-corrected chi connectivity index (χ3v) is 4.05. The number of fused-ring (bicyclic) bond motifs is 1. The first-order valence-corrected chi connectivity index (χ1v) is 8.08. The summed E-state index contributed by atoms with van der Waals surface area (Å²) in [5, 5.41) is 11.6. The molecule has 2 N–H and O–H groups in total. The number of carbonyl (C=O) groups excluding carboxylic acids is 1. The van der Waals surface area contributed by atoms with Crippen LogP contribution in [0.1, 0.15) is 28.3 Å². The van der Waals surface area contributed by atoms with Crippen molar-refractivity contribution in [3.63, 3.8) is 0 Å². The molecular weight excluding hydrogens is 322 g/mol. The minimum Gasteiger partial charge on any atom is -0.493 e. The lowest BCUT2D eigenvalue weighted by Crippen LogP contribution is -2.30. The maximum absolute atomic E-state index is 12.4. The third kappa shape index (κ3) is 4.29. The van der Waals surface area contributed by atoms with Gasteiger partial charge >= 0.3 is 5.97 Å². The number of hydrogen-bond acceptors (Lipinski definition) is 4. The van der Waals surface area contributed by atoms with E-state index >= 15 is 0 Å². The molecule has 0 saturated carbocycles. The predicted octanol–water partition coefficient (Wildman–Crippen LogP) is 2.45. The highest BCUT2D eigenvalue weighted by molar-refractivity contribution is 5.94. The second kappa shape index (κ2) is 7.70. The van der Waals surface area contributed by atoms with Gasteiger partial charge in [-0.25, -0.2) is 4.79 Å². The highest BCUT2D eigenvalue weighted by Crippen LogP contribution is 2.32. The summed E-state index contributed by atoms with van der Waals surface area (Å²) in [5.74, 6) is 0.154. The number of rotatable bonds is 6. The van der Waals surface area contributed by atoms with Crippen molar-refractivity contribution in [2.24, 2.45) is 0 Å². The largest absolute Gasteiger partial charge is 0.493 e. The van der Waals surface area contributed by atoms with Gasteiger partial charge in [-0.2, -0.15) is 0 Å². The highest BCUT2D eigenvalue weighted by atomic mass is 16.5. The first kappa shape index (κ1) is 16.8. The molecule has 1 atom stereocenters. The van der Waals surface area contributed by atoms with Crippen LogP contribution in [0.3, 0.4) is 0 Å². The van der Waals surface area contributed by atoms with Gasteiger partial charge < -0.3 is 19.9 Å². The molecule has 0 fully saturated rings. The Balaban J connectivity index is 1.62. The Kier molecular flexibility index (Phi) is 5.18. The van der Waals surface area contributed by atoms with Crippen LogP contribution in [-0.4, -0.2) is 36.7 Å². The first-order valence-electron chi connectivity index (χ1n) is 8.08. The fourth-order valence-electron chi connectivity index (χ4n) is 2.82. The normalized spacial score (nSPS) is 15.6. The average Bonchev–Trinajstić information content (AvgIpc) is 2.64. The fourth-order valence-corrected chi connectivity index (χ4v) is 2.82. The van der Waals surface area contributed by atoms with Crippen molar-refractivity contribution >= 4 is 11.9 Å². The summed E-state index contributed by atoms with van der Waals surface area (Å²) in [5.41, 5.74) is 1.54. The van der Waals surface area contributed by atoms with E-state index in [-0.39, 0.29) is 11.8 Å². The van der Waals surface area contributed by atoms with Gasteiger partial charge in [0.1, 0.15) is 11.5 Å². The van der Waals surface area contributed by atoms with Gasteiger partial charge in [0, 0.05) is 18.0 Å². The molecule has 6 heteroatoms. The molecule has 6 nitrogen and oxygen atoms in total. The lowest BCUT2D eigenvalue weighted by atomic mass is 9.93. The van der Waals surface area contributed by atoms with Crippen molar-refractivity contribution in [2.75, 3.05) is 19.8 Å². The van der Waals surface area contributed by atoms with E-state index in [1.807, 2.05) is 24.3 Å². The molecule has 0 unspecified atom stereocenters. The Morgan fingerprint density at radius 2 is 2.04 bits per heavy atom. The Bertz CT molecular complexity index is 774. The Morgan fingerprint density at radius 3 is 2.88 bits per heavy atom. The molecule has 0 spiro atoms. The van der Waals surface area contributed by atoms with Crippen LogP contribution in [0.2, 0.25) is 0 Å². The summed E-state index contributed by atoms with van der Waals surface area (Å²) in [4.78, 5) is 22.9. The smallest absolute Gasteiger partial charge is 0.341 e. The zero-order valence-electron chi connectivity index (χ0n) is 13.6. The monoisotopic (exact) mass is 341 g/mol. The van der Waals surface area contributed by atoms with Crippen LogP contribution < -0.4 is 14.8 Å². The summed E-state index contributed by atoms with van der Waals surface area (Å²) >= 11 is 0. The molecule has 0 aromatic heterocycles. The highest BCUT2D eigenvalue weighted by Gasteiger charge is 2.21. The van der Waals surface area contributed by atoms with Crippen molar-refractivity contribution in [3.05, 3.63) is 59.7 Å². The fraction of sp³-hybridized carbons (Fsp3) is 0.263. The van der Waals surface area contributed by atoms with E-state index in [0.717, 1.165) is 17.7 Å². The molecular formula is C19H19NO5. The second-order valence-electron chi connectivity index (χ2n) is 5.79. The number of carboxylic acid groups (broad SMARTS) is 1. The van der Waals surface area contributed by atoms with Crippen LogP contribution in [0.5, 0.6) is 11.5 Å². The van der Waals surface area contributed by atoms with Crippen molar-refractivity contribution in [1.29, 1.82) is 0 Å². The number of carbonyl (C=O) groups is 2. The van der Waals surface area contributed by atoms with Gasteiger partial charge in [0.15, 0.2) is 6.61 Å². The number of nitrogens with one attached hydrogen (secondary N) is 1. The van der Waals surface area contributed by atoms with Gasteiger partial charge in [-0.15, -0.1) is 0 Å². The van der Waals surface area contributed by atoms with Crippen LogP contribution in [0.4, 0.5) is 0 Å². The molecule has 0 aliphatic carbocycles. The maximum atomic E-state index is 12.4. The molecule has 3 rings (SSSR count). The molecule has 0 bridgehead atoms. The van der Waals surface area contributed by atoms with Crippen molar-refractivity contribution in [1.82, 2.24) is 5.32 Å². The molecule has 2 aromatic carbocycles. The van der Waals surface area contributed by atoms with E-state index in [9.17, 15) is 9.59 Å². The predicted molar refractivity (Wildman–Crippen MR) is 91.2 cm³/mol. The van der Waals surface area contributed by atoms with Gasteiger partial charge in [0.25, 0.3) is 5.91 Å². The van der Waals surface area contributed by atoms with Crippen molar-refractivity contribution in [3.8, 4) is 11.5 Å². The van der Waals surface area contributed by atoms with Crippen LogP contribution in [0.25, 0.3) is 0 Å². The number of benzene rings is 2. The van der Waals surface area contributed by atoms with Gasteiger partial charge in [0.2, 0.25) is 0 Å². The molecule has 130 valence electrons. The minimum atomic E-state index is -1.06. The molecule has 0 saturated heterocycles.